The first kappa shape index (κ1) is 22.5. The predicted molar refractivity (Wildman–Crippen MR) is 120 cm³/mol. The van der Waals surface area contributed by atoms with Gasteiger partial charge in [0.15, 0.2) is 0 Å². The maximum Gasteiger partial charge on any atom is 0.243 e. The van der Waals surface area contributed by atoms with Crippen LogP contribution >= 0.6 is 0 Å². The van der Waals surface area contributed by atoms with Crippen LogP contribution in [-0.4, -0.2) is 56.3 Å². The molecule has 1 N–H and O–H groups in total. The summed E-state index contributed by atoms with van der Waals surface area (Å²) in [5.74, 6) is -0.0819. The Bertz CT molecular complexity index is 987. The molecule has 0 saturated carbocycles. The van der Waals surface area contributed by atoms with Crippen LogP contribution in [0, 0.1) is 6.92 Å². The quantitative estimate of drug-likeness (QED) is 0.792. The Labute approximate surface area is 179 Å². The van der Waals surface area contributed by atoms with Gasteiger partial charge in [-0.05, 0) is 36.1 Å². The first-order valence-corrected chi connectivity index (χ1v) is 11.7. The lowest BCUT2D eigenvalue weighted by Gasteiger charge is -2.33. The molecule has 2 aromatic carbocycles. The Hall–Kier alpha value is -2.22. The summed E-state index contributed by atoms with van der Waals surface area (Å²) in [5, 5.41) is 3.02. The molecule has 162 valence electrons. The van der Waals surface area contributed by atoms with Gasteiger partial charge in [-0.1, -0.05) is 56.7 Å². The lowest BCUT2D eigenvalue weighted by atomic mass is 9.86. The second-order valence-electron chi connectivity index (χ2n) is 8.84. The summed E-state index contributed by atoms with van der Waals surface area (Å²) in [5.41, 5.74) is 2.88. The topological polar surface area (TPSA) is 69.7 Å². The monoisotopic (exact) mass is 429 g/mol. The van der Waals surface area contributed by atoms with E-state index in [-0.39, 0.29) is 17.9 Å². The van der Waals surface area contributed by atoms with Gasteiger partial charge in [-0.3, -0.25) is 9.69 Å². The average molecular weight is 430 g/mol. The summed E-state index contributed by atoms with van der Waals surface area (Å²) in [4.78, 5) is 14.9. The standard InChI is InChI=1S/C23H31N3O3S/c1-18-9-11-19(12-10-18)30(28,29)26-15-13-25(14-16-26)17-22(27)24-21-8-6-5-7-20(21)23(2,3)4/h5-12H,13-17H2,1-4H3,(H,24,27). The molecule has 1 saturated heterocycles. The molecule has 0 aromatic heterocycles. The average Bonchev–Trinajstić information content (AvgIpc) is 2.68. The molecular formula is C23H31N3O3S. The zero-order valence-corrected chi connectivity index (χ0v) is 19.0. The van der Waals surface area contributed by atoms with Crippen molar-refractivity contribution in [2.45, 2.75) is 38.0 Å². The third-order valence-corrected chi connectivity index (χ3v) is 7.28. The summed E-state index contributed by atoms with van der Waals surface area (Å²) in [7, 11) is -3.50. The van der Waals surface area contributed by atoms with Crippen LogP contribution in [0.1, 0.15) is 31.9 Å². The first-order chi connectivity index (χ1) is 14.1. The molecule has 0 bridgehead atoms. The molecule has 1 aliphatic rings. The van der Waals surface area contributed by atoms with Crippen LogP contribution in [0.25, 0.3) is 0 Å². The van der Waals surface area contributed by atoms with E-state index in [1.807, 2.05) is 48.2 Å². The number of nitrogens with one attached hydrogen (secondary N) is 1. The van der Waals surface area contributed by atoms with Crippen LogP contribution in [0.3, 0.4) is 0 Å². The molecule has 0 spiro atoms. The van der Waals surface area contributed by atoms with Crippen LogP contribution in [-0.2, 0) is 20.2 Å². The molecule has 1 amide bonds. The number of rotatable bonds is 5. The smallest absolute Gasteiger partial charge is 0.243 e. The lowest BCUT2D eigenvalue weighted by molar-refractivity contribution is -0.117. The highest BCUT2D eigenvalue weighted by molar-refractivity contribution is 7.89. The number of aryl methyl sites for hydroxylation is 1. The number of carbonyl (C=O) groups is 1. The molecule has 1 aliphatic heterocycles. The molecule has 0 aliphatic carbocycles. The summed E-state index contributed by atoms with van der Waals surface area (Å²) in [6.07, 6.45) is 0. The Kier molecular flexibility index (Phi) is 6.65. The maximum atomic E-state index is 12.8. The van der Waals surface area contributed by atoms with Gasteiger partial charge in [0.25, 0.3) is 0 Å². The molecule has 3 rings (SSSR count). The molecule has 0 unspecified atom stereocenters. The Morgan fingerprint density at radius 1 is 0.967 bits per heavy atom. The van der Waals surface area contributed by atoms with Gasteiger partial charge in [-0.15, -0.1) is 0 Å². The Morgan fingerprint density at radius 3 is 2.17 bits per heavy atom. The number of hydrogen-bond donors (Lipinski definition) is 1. The molecular weight excluding hydrogens is 398 g/mol. The van der Waals surface area contributed by atoms with Gasteiger partial charge in [0.05, 0.1) is 11.4 Å². The van der Waals surface area contributed by atoms with Crippen molar-refractivity contribution in [2.24, 2.45) is 0 Å². The highest BCUT2D eigenvalue weighted by Gasteiger charge is 2.29. The van der Waals surface area contributed by atoms with E-state index in [1.54, 1.807) is 12.1 Å². The summed E-state index contributed by atoms with van der Waals surface area (Å²) >= 11 is 0. The largest absolute Gasteiger partial charge is 0.325 e. The van der Waals surface area contributed by atoms with Crippen molar-refractivity contribution in [1.82, 2.24) is 9.21 Å². The molecule has 1 heterocycles. The van der Waals surface area contributed by atoms with Crippen molar-refractivity contribution in [1.29, 1.82) is 0 Å². The molecule has 0 atom stereocenters. The highest BCUT2D eigenvalue weighted by Crippen LogP contribution is 2.29. The van der Waals surface area contributed by atoms with Gasteiger partial charge in [-0.2, -0.15) is 4.31 Å². The van der Waals surface area contributed by atoms with E-state index in [9.17, 15) is 13.2 Å². The molecule has 7 heteroatoms. The first-order valence-electron chi connectivity index (χ1n) is 10.3. The highest BCUT2D eigenvalue weighted by atomic mass is 32.2. The van der Waals surface area contributed by atoms with Crippen molar-refractivity contribution in [3.63, 3.8) is 0 Å². The van der Waals surface area contributed by atoms with Crippen molar-refractivity contribution >= 4 is 21.6 Å². The molecule has 1 fully saturated rings. The summed E-state index contributed by atoms with van der Waals surface area (Å²) < 4.78 is 27.2. The van der Waals surface area contributed by atoms with E-state index < -0.39 is 10.0 Å². The van der Waals surface area contributed by atoms with E-state index in [2.05, 4.69) is 26.1 Å². The van der Waals surface area contributed by atoms with Crippen molar-refractivity contribution in [3.05, 3.63) is 59.7 Å². The number of amides is 1. The second-order valence-corrected chi connectivity index (χ2v) is 10.8. The van der Waals surface area contributed by atoms with E-state index >= 15 is 0 Å². The number of nitrogens with zero attached hydrogens (tertiary/aromatic N) is 2. The van der Waals surface area contributed by atoms with E-state index in [0.29, 0.717) is 31.1 Å². The maximum absolute atomic E-state index is 12.8. The van der Waals surface area contributed by atoms with Gasteiger partial charge >= 0.3 is 0 Å². The summed E-state index contributed by atoms with van der Waals surface area (Å²) in [6, 6.07) is 14.8. The minimum absolute atomic E-state index is 0.0696. The minimum atomic E-state index is -3.50. The Balaban J connectivity index is 1.57. The van der Waals surface area contributed by atoms with E-state index in [4.69, 9.17) is 0 Å². The van der Waals surface area contributed by atoms with Gasteiger partial charge in [0.2, 0.25) is 15.9 Å². The predicted octanol–water partition coefficient (Wildman–Crippen LogP) is 3.24. The van der Waals surface area contributed by atoms with E-state index in [0.717, 1.165) is 16.8 Å². The van der Waals surface area contributed by atoms with Crippen LogP contribution in [0.2, 0.25) is 0 Å². The third kappa shape index (κ3) is 5.28. The van der Waals surface area contributed by atoms with Crippen molar-refractivity contribution in [2.75, 3.05) is 38.0 Å². The van der Waals surface area contributed by atoms with Gasteiger partial charge in [-0.25, -0.2) is 8.42 Å². The normalized spacial score (nSPS) is 16.4. The van der Waals surface area contributed by atoms with Crippen LogP contribution in [0.15, 0.2) is 53.4 Å². The molecule has 30 heavy (non-hydrogen) atoms. The number of anilines is 1. The number of hydrogen-bond acceptors (Lipinski definition) is 4. The number of piperazine rings is 1. The van der Waals surface area contributed by atoms with E-state index in [1.165, 1.54) is 4.31 Å². The molecule has 2 aromatic rings. The second kappa shape index (κ2) is 8.88. The fourth-order valence-corrected chi connectivity index (χ4v) is 5.05. The number of sulfonamides is 1. The number of para-hydroxylation sites is 1. The summed E-state index contributed by atoms with van der Waals surface area (Å²) in [6.45, 7) is 10.3. The van der Waals surface area contributed by atoms with Crippen molar-refractivity contribution in [3.8, 4) is 0 Å². The van der Waals surface area contributed by atoms with Gasteiger partial charge in [0, 0.05) is 31.9 Å². The van der Waals surface area contributed by atoms with Crippen LogP contribution in [0.5, 0.6) is 0 Å². The van der Waals surface area contributed by atoms with Crippen LogP contribution < -0.4 is 5.32 Å². The van der Waals surface area contributed by atoms with Crippen molar-refractivity contribution < 1.29 is 13.2 Å². The fraction of sp³-hybridized carbons (Fsp3) is 0.435. The number of benzene rings is 2. The minimum Gasteiger partial charge on any atom is -0.325 e. The SMILES string of the molecule is Cc1ccc(S(=O)(=O)N2CCN(CC(=O)Nc3ccccc3C(C)(C)C)CC2)cc1. The van der Waals surface area contributed by atoms with Gasteiger partial charge < -0.3 is 5.32 Å². The van der Waals surface area contributed by atoms with Gasteiger partial charge in [0.1, 0.15) is 0 Å². The fourth-order valence-electron chi connectivity index (χ4n) is 3.63. The number of carbonyl (C=O) groups excluding carboxylic acids is 1. The Morgan fingerprint density at radius 2 is 1.57 bits per heavy atom. The van der Waals surface area contributed by atoms with Crippen LogP contribution in [0.4, 0.5) is 5.69 Å². The zero-order chi connectivity index (χ0) is 21.9. The molecule has 6 nitrogen and oxygen atoms in total. The lowest BCUT2D eigenvalue weighted by Crippen LogP contribution is -2.50. The molecule has 0 radical (unpaired) electrons. The zero-order valence-electron chi connectivity index (χ0n) is 18.2. The third-order valence-electron chi connectivity index (χ3n) is 5.37.